The molecule has 0 atom stereocenters. The molecule has 2 nitrogen and oxygen atoms in total. The molecular formula is C14H13NOS. The smallest absolute Gasteiger partial charge is 0.237 e. The normalized spacial score (nSPS) is 10.2. The van der Waals surface area contributed by atoms with E-state index in [0.29, 0.717) is 5.69 Å². The molecule has 1 aromatic carbocycles. The molecule has 0 unspecified atom stereocenters. The topological polar surface area (TPSA) is 30.0 Å². The van der Waals surface area contributed by atoms with Gasteiger partial charge in [-0.05, 0) is 29.9 Å². The molecule has 2 rings (SSSR count). The van der Waals surface area contributed by atoms with Gasteiger partial charge in [-0.2, -0.15) is 0 Å². The first-order valence-electron chi connectivity index (χ1n) is 5.37. The summed E-state index contributed by atoms with van der Waals surface area (Å²) in [6.45, 7) is 0. The number of hydrogen-bond donors (Lipinski definition) is 0. The lowest BCUT2D eigenvalue weighted by molar-refractivity contribution is 0.108. The van der Waals surface area contributed by atoms with Crippen molar-refractivity contribution < 1.29 is 4.79 Å². The first-order chi connectivity index (χ1) is 8.31. The van der Waals surface area contributed by atoms with Crippen LogP contribution in [0.15, 0.2) is 48.7 Å². The summed E-state index contributed by atoms with van der Waals surface area (Å²) in [5, 5.41) is 0.0246. The highest BCUT2D eigenvalue weighted by Crippen LogP contribution is 2.16. The van der Waals surface area contributed by atoms with Crippen LogP contribution < -0.4 is 0 Å². The summed E-state index contributed by atoms with van der Waals surface area (Å²) in [5.74, 6) is 0. The van der Waals surface area contributed by atoms with Gasteiger partial charge in [0.15, 0.2) is 0 Å². The molecule has 0 radical (unpaired) electrons. The number of aromatic nitrogens is 1. The Kier molecular flexibility index (Phi) is 3.94. The van der Waals surface area contributed by atoms with Crippen molar-refractivity contribution >= 4 is 16.9 Å². The molecule has 1 aromatic heterocycles. The average Bonchev–Trinajstić information content (AvgIpc) is 2.40. The van der Waals surface area contributed by atoms with Gasteiger partial charge in [-0.15, -0.1) is 0 Å². The molecule has 3 heteroatoms. The van der Waals surface area contributed by atoms with E-state index >= 15 is 0 Å². The van der Waals surface area contributed by atoms with Crippen molar-refractivity contribution in [2.45, 2.75) is 6.42 Å². The molecule has 1 heterocycles. The molecule has 0 aliphatic rings. The Morgan fingerprint density at radius 3 is 2.65 bits per heavy atom. The molecule has 0 bridgehead atoms. The zero-order valence-electron chi connectivity index (χ0n) is 9.59. The number of pyridine rings is 1. The maximum absolute atomic E-state index is 11.7. The van der Waals surface area contributed by atoms with Gasteiger partial charge in [-0.3, -0.25) is 9.78 Å². The van der Waals surface area contributed by atoms with Crippen LogP contribution in [0.1, 0.15) is 21.6 Å². The number of nitrogens with zero attached hydrogens (tertiary/aromatic N) is 1. The van der Waals surface area contributed by atoms with Crippen molar-refractivity contribution in [1.29, 1.82) is 0 Å². The van der Waals surface area contributed by atoms with Crippen molar-refractivity contribution in [3.05, 3.63) is 65.5 Å². The van der Waals surface area contributed by atoms with Gasteiger partial charge in [0.05, 0.1) is 0 Å². The average molecular weight is 243 g/mol. The maximum Gasteiger partial charge on any atom is 0.237 e. The molecule has 0 fully saturated rings. The van der Waals surface area contributed by atoms with Gasteiger partial charge >= 0.3 is 0 Å². The zero-order chi connectivity index (χ0) is 12.1. The fourth-order valence-corrected chi connectivity index (χ4v) is 2.05. The predicted octanol–water partition coefficient (Wildman–Crippen LogP) is 3.18. The molecule has 0 saturated carbocycles. The fraction of sp³-hybridized carbons (Fsp3) is 0.143. The molecule has 86 valence electrons. The van der Waals surface area contributed by atoms with E-state index in [1.165, 1.54) is 17.3 Å². The van der Waals surface area contributed by atoms with E-state index in [2.05, 4.69) is 17.1 Å². The van der Waals surface area contributed by atoms with Crippen LogP contribution in [-0.2, 0) is 6.42 Å². The predicted molar refractivity (Wildman–Crippen MR) is 71.3 cm³/mol. The van der Waals surface area contributed by atoms with Gasteiger partial charge in [0.2, 0.25) is 5.12 Å². The van der Waals surface area contributed by atoms with E-state index in [1.807, 2.05) is 30.3 Å². The molecule has 0 N–H and O–H groups in total. The largest absolute Gasteiger partial charge is 0.280 e. The minimum absolute atomic E-state index is 0.0246. The Balaban J connectivity index is 2.30. The van der Waals surface area contributed by atoms with Crippen LogP contribution >= 0.6 is 11.8 Å². The zero-order valence-corrected chi connectivity index (χ0v) is 10.4. The third-order valence-corrected chi connectivity index (χ3v) is 3.07. The summed E-state index contributed by atoms with van der Waals surface area (Å²) in [6, 6.07) is 13.9. The first kappa shape index (κ1) is 11.9. The van der Waals surface area contributed by atoms with Gasteiger partial charge in [0.25, 0.3) is 0 Å². The van der Waals surface area contributed by atoms with Crippen LogP contribution in [0.25, 0.3) is 0 Å². The van der Waals surface area contributed by atoms with Crippen molar-refractivity contribution in [3.8, 4) is 0 Å². The number of benzene rings is 1. The second-order valence-electron chi connectivity index (χ2n) is 3.67. The van der Waals surface area contributed by atoms with Crippen molar-refractivity contribution in [2.24, 2.45) is 0 Å². The lowest BCUT2D eigenvalue weighted by Crippen LogP contribution is -2.03. The van der Waals surface area contributed by atoms with E-state index in [-0.39, 0.29) is 5.12 Å². The van der Waals surface area contributed by atoms with E-state index in [1.54, 1.807) is 12.5 Å². The number of carbonyl (C=O) groups excluding carboxylic acids is 1. The Morgan fingerprint density at radius 1 is 1.18 bits per heavy atom. The molecule has 0 aliphatic heterocycles. The molecule has 0 spiro atoms. The molecular weight excluding hydrogens is 230 g/mol. The standard InChI is InChI=1S/C14H13NOS/c1-17-14(16)13-12(8-5-9-15-13)10-11-6-3-2-4-7-11/h2-9H,10H2,1H3. The Bertz CT molecular complexity index is 511. The van der Waals surface area contributed by atoms with Crippen molar-refractivity contribution in [3.63, 3.8) is 0 Å². The highest BCUT2D eigenvalue weighted by atomic mass is 32.2. The van der Waals surface area contributed by atoms with Crippen LogP contribution in [-0.4, -0.2) is 16.4 Å². The summed E-state index contributed by atoms with van der Waals surface area (Å²) in [6.07, 6.45) is 4.19. The van der Waals surface area contributed by atoms with E-state index < -0.39 is 0 Å². The van der Waals surface area contributed by atoms with E-state index in [4.69, 9.17) is 0 Å². The molecule has 0 amide bonds. The number of carbonyl (C=O) groups is 1. The maximum atomic E-state index is 11.7. The molecule has 0 saturated heterocycles. The lowest BCUT2D eigenvalue weighted by Gasteiger charge is -2.06. The van der Waals surface area contributed by atoms with Gasteiger partial charge in [-0.25, -0.2) is 0 Å². The summed E-state index contributed by atoms with van der Waals surface area (Å²) in [7, 11) is 0. The van der Waals surface area contributed by atoms with Crippen molar-refractivity contribution in [1.82, 2.24) is 4.98 Å². The summed E-state index contributed by atoms with van der Waals surface area (Å²) >= 11 is 1.20. The third-order valence-electron chi connectivity index (χ3n) is 2.51. The van der Waals surface area contributed by atoms with Crippen LogP contribution in [0.2, 0.25) is 0 Å². The number of hydrogen-bond acceptors (Lipinski definition) is 3. The van der Waals surface area contributed by atoms with Crippen molar-refractivity contribution in [2.75, 3.05) is 6.26 Å². The lowest BCUT2D eigenvalue weighted by atomic mass is 10.0. The fourth-order valence-electron chi connectivity index (χ4n) is 1.68. The highest BCUT2D eigenvalue weighted by Gasteiger charge is 2.11. The molecule has 17 heavy (non-hydrogen) atoms. The Morgan fingerprint density at radius 2 is 1.94 bits per heavy atom. The monoisotopic (exact) mass is 243 g/mol. The van der Waals surface area contributed by atoms with Gasteiger partial charge in [-0.1, -0.05) is 48.2 Å². The summed E-state index contributed by atoms with van der Waals surface area (Å²) < 4.78 is 0. The summed E-state index contributed by atoms with van der Waals surface area (Å²) in [5.41, 5.74) is 2.75. The first-order valence-corrected chi connectivity index (χ1v) is 6.60. The summed E-state index contributed by atoms with van der Waals surface area (Å²) in [4.78, 5) is 15.9. The quantitative estimate of drug-likeness (QED) is 0.829. The minimum Gasteiger partial charge on any atom is -0.280 e. The van der Waals surface area contributed by atoms with Crippen LogP contribution in [0.4, 0.5) is 0 Å². The van der Waals surface area contributed by atoms with Crippen LogP contribution in [0.5, 0.6) is 0 Å². The highest BCUT2D eigenvalue weighted by molar-refractivity contribution is 8.13. The van der Waals surface area contributed by atoms with Crippen LogP contribution in [0, 0.1) is 0 Å². The van der Waals surface area contributed by atoms with Gasteiger partial charge in [0, 0.05) is 6.20 Å². The number of rotatable bonds is 3. The number of thioether (sulfide) groups is 1. The molecule has 2 aromatic rings. The second kappa shape index (κ2) is 5.64. The third kappa shape index (κ3) is 2.94. The molecule has 0 aliphatic carbocycles. The Labute approximate surface area is 105 Å². The van der Waals surface area contributed by atoms with Gasteiger partial charge in [0.1, 0.15) is 5.69 Å². The Hall–Kier alpha value is -1.61. The van der Waals surface area contributed by atoms with E-state index in [0.717, 1.165) is 12.0 Å². The van der Waals surface area contributed by atoms with E-state index in [9.17, 15) is 4.79 Å². The SMILES string of the molecule is CSC(=O)c1ncccc1Cc1ccccc1. The van der Waals surface area contributed by atoms with Crippen LogP contribution in [0.3, 0.4) is 0 Å². The second-order valence-corrected chi connectivity index (χ2v) is 4.44. The van der Waals surface area contributed by atoms with Gasteiger partial charge < -0.3 is 0 Å². The minimum atomic E-state index is 0.0246.